The van der Waals surface area contributed by atoms with Crippen LogP contribution in [-0.2, 0) is 28.0 Å². The Labute approximate surface area is 137 Å². The van der Waals surface area contributed by atoms with Crippen molar-refractivity contribution in [3.05, 3.63) is 35.4 Å². The van der Waals surface area contributed by atoms with Crippen molar-refractivity contribution < 1.29 is 13.2 Å². The molecular weight excluding hydrogens is 314 g/mol. The summed E-state index contributed by atoms with van der Waals surface area (Å²) in [6.45, 7) is 1.25. The predicted molar refractivity (Wildman–Crippen MR) is 87.6 cm³/mol. The Hall–Kier alpha value is -1.44. The highest BCUT2D eigenvalue weighted by Crippen LogP contribution is 2.28. The fourth-order valence-electron chi connectivity index (χ4n) is 3.40. The molecule has 0 unspecified atom stereocenters. The van der Waals surface area contributed by atoms with Crippen molar-refractivity contribution in [3.63, 3.8) is 0 Å². The van der Waals surface area contributed by atoms with Crippen molar-refractivity contribution in [2.45, 2.75) is 44.7 Å². The van der Waals surface area contributed by atoms with E-state index in [2.05, 4.69) is 0 Å². The normalized spacial score (nSPS) is 23.9. The first-order valence-electron chi connectivity index (χ1n) is 8.13. The van der Waals surface area contributed by atoms with Gasteiger partial charge in [0.05, 0.1) is 0 Å². The van der Waals surface area contributed by atoms with Crippen LogP contribution in [0, 0.1) is 0 Å². The third-order valence-electron chi connectivity index (χ3n) is 4.72. The number of hydrogen-bond donors (Lipinski definition) is 1. The van der Waals surface area contributed by atoms with E-state index in [0.29, 0.717) is 19.5 Å². The van der Waals surface area contributed by atoms with E-state index in [-0.39, 0.29) is 6.54 Å². The van der Waals surface area contributed by atoms with Gasteiger partial charge in [-0.2, -0.15) is 17.0 Å². The van der Waals surface area contributed by atoms with Gasteiger partial charge >= 0.3 is 0 Å². The number of amides is 1. The predicted octanol–water partition coefficient (Wildman–Crippen LogP) is 1.02. The summed E-state index contributed by atoms with van der Waals surface area (Å²) in [6.07, 6.45) is 4.18. The Morgan fingerprint density at radius 2 is 1.65 bits per heavy atom. The minimum absolute atomic E-state index is 0.211. The van der Waals surface area contributed by atoms with Crippen LogP contribution in [0.3, 0.4) is 0 Å². The van der Waals surface area contributed by atoms with Crippen LogP contribution in [0.15, 0.2) is 24.3 Å². The van der Waals surface area contributed by atoms with Crippen LogP contribution in [0.4, 0.5) is 0 Å². The SMILES string of the molecule is NC(=O)[C@@H]1Cc2ccccc2CN1S(=O)(=O)N1CCCCCC1. The van der Waals surface area contributed by atoms with Gasteiger partial charge in [0.25, 0.3) is 10.2 Å². The van der Waals surface area contributed by atoms with E-state index in [4.69, 9.17) is 5.73 Å². The molecule has 23 heavy (non-hydrogen) atoms. The minimum atomic E-state index is -3.68. The summed E-state index contributed by atoms with van der Waals surface area (Å²) < 4.78 is 28.9. The number of nitrogens with zero attached hydrogens (tertiary/aromatic N) is 2. The second-order valence-electron chi connectivity index (χ2n) is 6.26. The van der Waals surface area contributed by atoms with Crippen molar-refractivity contribution in [1.82, 2.24) is 8.61 Å². The van der Waals surface area contributed by atoms with Gasteiger partial charge in [-0.25, -0.2) is 0 Å². The van der Waals surface area contributed by atoms with Crippen molar-refractivity contribution >= 4 is 16.1 Å². The first kappa shape index (κ1) is 16.4. The van der Waals surface area contributed by atoms with Crippen LogP contribution in [0.25, 0.3) is 0 Å². The molecule has 2 aliphatic rings. The molecule has 2 heterocycles. The van der Waals surface area contributed by atoms with Crippen molar-refractivity contribution in [1.29, 1.82) is 0 Å². The van der Waals surface area contributed by atoms with Crippen LogP contribution in [0.5, 0.6) is 0 Å². The molecule has 1 aromatic carbocycles. The number of fused-ring (bicyclic) bond motifs is 1. The van der Waals surface area contributed by atoms with Gasteiger partial charge in [-0.15, -0.1) is 0 Å². The number of nitrogens with two attached hydrogens (primary N) is 1. The fourth-order valence-corrected chi connectivity index (χ4v) is 5.22. The lowest BCUT2D eigenvalue weighted by atomic mass is 9.96. The molecule has 0 aromatic heterocycles. The molecule has 7 heteroatoms. The average Bonchev–Trinajstić information content (AvgIpc) is 2.83. The molecule has 0 bridgehead atoms. The summed E-state index contributed by atoms with van der Waals surface area (Å²) in [5.41, 5.74) is 7.45. The Morgan fingerprint density at radius 3 is 2.26 bits per heavy atom. The molecule has 2 aliphatic heterocycles. The maximum atomic E-state index is 13.1. The highest BCUT2D eigenvalue weighted by Gasteiger charge is 2.40. The fraction of sp³-hybridized carbons (Fsp3) is 0.562. The van der Waals surface area contributed by atoms with E-state index < -0.39 is 22.2 Å². The molecule has 3 rings (SSSR count). The summed E-state index contributed by atoms with van der Waals surface area (Å²) in [4.78, 5) is 11.9. The topological polar surface area (TPSA) is 83.7 Å². The standard InChI is InChI=1S/C16H23N3O3S/c17-16(20)15-11-13-7-3-4-8-14(13)12-19(15)23(21,22)18-9-5-1-2-6-10-18/h3-4,7-8,15H,1-2,5-6,9-12H2,(H2,17,20)/t15-/m0/s1. The van der Waals surface area contributed by atoms with Gasteiger partial charge in [0, 0.05) is 19.6 Å². The number of rotatable bonds is 3. The summed E-state index contributed by atoms with van der Waals surface area (Å²) >= 11 is 0. The summed E-state index contributed by atoms with van der Waals surface area (Å²) in [5.74, 6) is -0.585. The monoisotopic (exact) mass is 337 g/mol. The molecule has 0 radical (unpaired) electrons. The summed E-state index contributed by atoms with van der Waals surface area (Å²) in [6, 6.07) is 6.83. The van der Waals surface area contributed by atoms with E-state index in [0.717, 1.165) is 36.8 Å². The lowest BCUT2D eigenvalue weighted by Crippen LogP contribution is -2.55. The highest BCUT2D eigenvalue weighted by atomic mass is 32.2. The smallest absolute Gasteiger partial charge is 0.283 e. The second kappa shape index (κ2) is 6.59. The quantitative estimate of drug-likeness (QED) is 0.894. The number of carbonyl (C=O) groups excluding carboxylic acids is 1. The van der Waals surface area contributed by atoms with Crippen LogP contribution in [0.2, 0.25) is 0 Å². The Bertz CT molecular complexity index is 682. The van der Waals surface area contributed by atoms with E-state index in [1.54, 1.807) is 0 Å². The van der Waals surface area contributed by atoms with Crippen molar-refractivity contribution in [2.24, 2.45) is 5.73 Å². The Balaban J connectivity index is 1.93. The van der Waals surface area contributed by atoms with Gasteiger partial charge in [-0.3, -0.25) is 4.79 Å². The van der Waals surface area contributed by atoms with Gasteiger partial charge in [0.1, 0.15) is 6.04 Å². The molecular formula is C16H23N3O3S. The zero-order valence-electron chi connectivity index (χ0n) is 13.1. The molecule has 0 spiro atoms. The number of carbonyl (C=O) groups is 1. The summed E-state index contributed by atoms with van der Waals surface area (Å²) in [5, 5.41) is 0. The Morgan fingerprint density at radius 1 is 1.04 bits per heavy atom. The van der Waals surface area contributed by atoms with Gasteiger partial charge in [-0.1, -0.05) is 37.1 Å². The van der Waals surface area contributed by atoms with Crippen molar-refractivity contribution in [2.75, 3.05) is 13.1 Å². The molecule has 2 N–H and O–H groups in total. The molecule has 1 amide bonds. The third kappa shape index (κ3) is 3.27. The van der Waals surface area contributed by atoms with E-state index in [1.165, 1.54) is 8.61 Å². The lowest BCUT2D eigenvalue weighted by molar-refractivity contribution is -0.122. The average molecular weight is 337 g/mol. The number of primary amides is 1. The highest BCUT2D eigenvalue weighted by molar-refractivity contribution is 7.86. The van der Waals surface area contributed by atoms with E-state index in [9.17, 15) is 13.2 Å². The molecule has 0 aliphatic carbocycles. The van der Waals surface area contributed by atoms with Gasteiger partial charge < -0.3 is 5.73 Å². The molecule has 1 atom stereocenters. The molecule has 6 nitrogen and oxygen atoms in total. The Kier molecular flexibility index (Phi) is 4.70. The molecule has 1 aromatic rings. The molecule has 0 saturated carbocycles. The van der Waals surface area contributed by atoms with Gasteiger partial charge in [0.15, 0.2) is 0 Å². The van der Waals surface area contributed by atoms with Gasteiger partial charge in [-0.05, 0) is 30.4 Å². The van der Waals surface area contributed by atoms with Crippen LogP contribution in [0.1, 0.15) is 36.8 Å². The van der Waals surface area contributed by atoms with E-state index >= 15 is 0 Å². The second-order valence-corrected chi connectivity index (χ2v) is 8.14. The summed E-state index contributed by atoms with van der Waals surface area (Å²) in [7, 11) is -3.68. The maximum absolute atomic E-state index is 13.1. The molecule has 1 saturated heterocycles. The molecule has 1 fully saturated rings. The van der Waals surface area contributed by atoms with Crippen molar-refractivity contribution in [3.8, 4) is 0 Å². The molecule has 126 valence electrons. The van der Waals surface area contributed by atoms with Crippen LogP contribution < -0.4 is 5.73 Å². The maximum Gasteiger partial charge on any atom is 0.283 e. The van der Waals surface area contributed by atoms with Crippen LogP contribution in [-0.4, -0.2) is 42.1 Å². The van der Waals surface area contributed by atoms with Crippen LogP contribution >= 0.6 is 0 Å². The number of benzene rings is 1. The van der Waals surface area contributed by atoms with E-state index in [1.807, 2.05) is 24.3 Å². The first-order chi connectivity index (χ1) is 11.0. The third-order valence-corrected chi connectivity index (χ3v) is 6.72. The largest absolute Gasteiger partial charge is 0.368 e. The minimum Gasteiger partial charge on any atom is -0.368 e. The zero-order chi connectivity index (χ0) is 16.4. The lowest BCUT2D eigenvalue weighted by Gasteiger charge is -2.37. The number of hydrogen-bond acceptors (Lipinski definition) is 3. The zero-order valence-corrected chi connectivity index (χ0v) is 14.0. The first-order valence-corrected chi connectivity index (χ1v) is 9.53. The van der Waals surface area contributed by atoms with Gasteiger partial charge in [0.2, 0.25) is 5.91 Å².